The fourth-order valence-electron chi connectivity index (χ4n) is 4.16. The molecule has 2 amide bonds. The number of hydrogen-bond acceptors (Lipinski definition) is 6. The van der Waals surface area contributed by atoms with Crippen LogP contribution >= 0.6 is 0 Å². The van der Waals surface area contributed by atoms with Crippen molar-refractivity contribution in [2.75, 3.05) is 0 Å². The molecule has 8 nitrogen and oxygen atoms in total. The average molecular weight is 446 g/mol. The minimum atomic E-state index is -0.900. The number of ether oxygens (including phenoxy) is 1. The smallest absolute Gasteiger partial charge is 0.329 e. The molecular weight excluding hydrogens is 410 g/mol. The first-order chi connectivity index (χ1) is 15.3. The Hall–Kier alpha value is -2.74. The molecule has 32 heavy (non-hydrogen) atoms. The maximum atomic E-state index is 13.3. The standard InChI is InChI=1S/C24H35N3O5/c1-4-8-19(23(29)27-31)20(13-16(2)3)22(28)26-21(14-17-9-7-12-25-15-17)24(30)32-18-10-5-6-11-18/h4,7,9,12,15-16,18-21,31H,1,5-6,8,10-11,13-14H2,2-3H3,(H,26,28)(H,27,29)/t19-,20+,21-/m0/s1. The predicted octanol–water partition coefficient (Wildman–Crippen LogP) is 2.95. The molecule has 1 aromatic heterocycles. The molecular formula is C24H35N3O5. The fraction of sp³-hybridized carbons (Fsp3) is 0.583. The van der Waals surface area contributed by atoms with Crippen molar-refractivity contribution in [2.24, 2.45) is 17.8 Å². The molecule has 3 atom stereocenters. The Morgan fingerprint density at radius 3 is 2.53 bits per heavy atom. The van der Waals surface area contributed by atoms with Gasteiger partial charge in [-0.05, 0) is 56.1 Å². The van der Waals surface area contributed by atoms with Crippen LogP contribution in [0.2, 0.25) is 0 Å². The molecule has 1 aliphatic carbocycles. The van der Waals surface area contributed by atoms with Gasteiger partial charge in [0.15, 0.2) is 0 Å². The summed E-state index contributed by atoms with van der Waals surface area (Å²) in [5.74, 6) is -2.98. The van der Waals surface area contributed by atoms with Crippen LogP contribution in [0.3, 0.4) is 0 Å². The zero-order chi connectivity index (χ0) is 23.5. The lowest BCUT2D eigenvalue weighted by atomic mass is 9.82. The van der Waals surface area contributed by atoms with Gasteiger partial charge in [0.1, 0.15) is 12.1 Å². The molecule has 176 valence electrons. The number of hydrogen-bond donors (Lipinski definition) is 3. The second-order valence-corrected chi connectivity index (χ2v) is 8.81. The third kappa shape index (κ3) is 7.75. The van der Waals surface area contributed by atoms with E-state index in [9.17, 15) is 19.6 Å². The lowest BCUT2D eigenvalue weighted by Gasteiger charge is -2.28. The Morgan fingerprint density at radius 1 is 1.25 bits per heavy atom. The monoisotopic (exact) mass is 445 g/mol. The Bertz CT molecular complexity index is 762. The van der Waals surface area contributed by atoms with E-state index in [2.05, 4.69) is 16.9 Å². The number of pyridine rings is 1. The second-order valence-electron chi connectivity index (χ2n) is 8.81. The minimum absolute atomic E-state index is 0.117. The van der Waals surface area contributed by atoms with E-state index in [1.54, 1.807) is 30.0 Å². The number of esters is 1. The molecule has 0 radical (unpaired) electrons. The van der Waals surface area contributed by atoms with Gasteiger partial charge in [0.25, 0.3) is 0 Å². The minimum Gasteiger partial charge on any atom is -0.461 e. The number of nitrogens with one attached hydrogen (secondary N) is 2. The predicted molar refractivity (Wildman–Crippen MR) is 119 cm³/mol. The van der Waals surface area contributed by atoms with Gasteiger partial charge in [0.05, 0.1) is 11.8 Å². The molecule has 3 N–H and O–H groups in total. The van der Waals surface area contributed by atoms with Gasteiger partial charge in [-0.3, -0.25) is 19.8 Å². The first-order valence-corrected chi connectivity index (χ1v) is 11.3. The molecule has 1 fully saturated rings. The number of amides is 2. The van der Waals surface area contributed by atoms with Crippen LogP contribution in [0.15, 0.2) is 37.2 Å². The molecule has 2 rings (SSSR count). The van der Waals surface area contributed by atoms with Gasteiger partial charge < -0.3 is 10.1 Å². The largest absolute Gasteiger partial charge is 0.461 e. The van der Waals surface area contributed by atoms with Gasteiger partial charge in [0, 0.05) is 18.8 Å². The third-order valence-corrected chi connectivity index (χ3v) is 5.76. The van der Waals surface area contributed by atoms with Crippen molar-refractivity contribution in [1.29, 1.82) is 0 Å². The van der Waals surface area contributed by atoms with Crippen LogP contribution in [0, 0.1) is 17.8 Å². The van der Waals surface area contributed by atoms with Crippen molar-refractivity contribution >= 4 is 17.8 Å². The third-order valence-electron chi connectivity index (χ3n) is 5.76. The number of nitrogens with zero attached hydrogens (tertiary/aromatic N) is 1. The van der Waals surface area contributed by atoms with Crippen LogP contribution in [-0.2, 0) is 25.5 Å². The van der Waals surface area contributed by atoms with Crippen LogP contribution in [0.5, 0.6) is 0 Å². The van der Waals surface area contributed by atoms with Crippen molar-refractivity contribution in [3.63, 3.8) is 0 Å². The van der Waals surface area contributed by atoms with E-state index in [-0.39, 0.29) is 24.9 Å². The lowest BCUT2D eigenvalue weighted by molar-refractivity contribution is -0.153. The topological polar surface area (TPSA) is 118 Å². The molecule has 1 saturated carbocycles. The zero-order valence-electron chi connectivity index (χ0n) is 19.0. The van der Waals surface area contributed by atoms with Gasteiger partial charge in [0.2, 0.25) is 11.8 Å². The highest BCUT2D eigenvalue weighted by Crippen LogP contribution is 2.26. The summed E-state index contributed by atoms with van der Waals surface area (Å²) < 4.78 is 5.67. The molecule has 1 aromatic rings. The Morgan fingerprint density at radius 2 is 1.97 bits per heavy atom. The van der Waals surface area contributed by atoms with E-state index in [1.165, 1.54) is 0 Å². The summed E-state index contributed by atoms with van der Waals surface area (Å²) in [5.41, 5.74) is 2.45. The molecule has 1 heterocycles. The van der Waals surface area contributed by atoms with E-state index in [0.717, 1.165) is 31.2 Å². The summed E-state index contributed by atoms with van der Waals surface area (Å²) in [4.78, 5) is 42.7. The first-order valence-electron chi connectivity index (χ1n) is 11.3. The summed E-state index contributed by atoms with van der Waals surface area (Å²) in [5, 5.41) is 12.0. The number of allylic oxidation sites excluding steroid dienone is 1. The normalized spacial score (nSPS) is 16.8. The molecule has 0 bridgehead atoms. The van der Waals surface area contributed by atoms with Crippen LogP contribution < -0.4 is 10.8 Å². The van der Waals surface area contributed by atoms with Crippen LogP contribution in [0.4, 0.5) is 0 Å². The van der Waals surface area contributed by atoms with Crippen molar-refractivity contribution in [1.82, 2.24) is 15.8 Å². The molecule has 0 aliphatic heterocycles. The van der Waals surface area contributed by atoms with Crippen molar-refractivity contribution in [3.05, 3.63) is 42.7 Å². The van der Waals surface area contributed by atoms with Gasteiger partial charge in [-0.15, -0.1) is 6.58 Å². The van der Waals surface area contributed by atoms with Gasteiger partial charge in [-0.1, -0.05) is 26.0 Å². The molecule has 0 unspecified atom stereocenters. The van der Waals surface area contributed by atoms with Crippen LogP contribution in [-0.4, -0.2) is 40.1 Å². The highest BCUT2D eigenvalue weighted by atomic mass is 16.5. The van der Waals surface area contributed by atoms with E-state index in [4.69, 9.17) is 4.74 Å². The Labute approximate surface area is 189 Å². The average Bonchev–Trinajstić information content (AvgIpc) is 3.28. The van der Waals surface area contributed by atoms with Crippen molar-refractivity contribution in [3.8, 4) is 0 Å². The van der Waals surface area contributed by atoms with E-state index < -0.39 is 35.7 Å². The van der Waals surface area contributed by atoms with E-state index >= 15 is 0 Å². The van der Waals surface area contributed by atoms with Gasteiger partial charge >= 0.3 is 5.97 Å². The summed E-state index contributed by atoms with van der Waals surface area (Å²) in [7, 11) is 0. The lowest BCUT2D eigenvalue weighted by Crippen LogP contribution is -2.49. The molecule has 0 saturated heterocycles. The number of rotatable bonds is 12. The van der Waals surface area contributed by atoms with E-state index in [0.29, 0.717) is 6.42 Å². The highest BCUT2D eigenvalue weighted by Gasteiger charge is 2.36. The molecule has 0 spiro atoms. The molecule has 8 heteroatoms. The molecule has 0 aromatic carbocycles. The number of carbonyl (C=O) groups excluding carboxylic acids is 3. The highest BCUT2D eigenvalue weighted by molar-refractivity contribution is 5.90. The molecule has 1 aliphatic rings. The van der Waals surface area contributed by atoms with Crippen LogP contribution in [0.25, 0.3) is 0 Å². The number of carbonyl (C=O) groups is 3. The maximum absolute atomic E-state index is 13.3. The van der Waals surface area contributed by atoms with Crippen LogP contribution in [0.1, 0.15) is 57.9 Å². The quantitative estimate of drug-likeness (QED) is 0.197. The fourth-order valence-corrected chi connectivity index (χ4v) is 4.16. The van der Waals surface area contributed by atoms with Gasteiger partial charge in [-0.2, -0.15) is 0 Å². The first kappa shape index (κ1) is 25.5. The second kappa shape index (κ2) is 13.0. The van der Waals surface area contributed by atoms with Crippen molar-refractivity contribution < 1.29 is 24.3 Å². The van der Waals surface area contributed by atoms with Gasteiger partial charge in [-0.25, -0.2) is 10.3 Å². The SMILES string of the molecule is C=CC[C@H](C(=O)NO)[C@@H](CC(C)C)C(=O)N[C@@H](Cc1cccnc1)C(=O)OC1CCCC1. The number of hydroxylamine groups is 1. The van der Waals surface area contributed by atoms with Crippen molar-refractivity contribution in [2.45, 2.75) is 70.9 Å². The Kier molecular flexibility index (Phi) is 10.3. The zero-order valence-corrected chi connectivity index (χ0v) is 19.0. The maximum Gasteiger partial charge on any atom is 0.329 e. The summed E-state index contributed by atoms with van der Waals surface area (Å²) in [6, 6.07) is 2.70. The summed E-state index contributed by atoms with van der Waals surface area (Å²) in [6.07, 6.45) is 9.26. The Balaban J connectivity index is 2.23. The summed E-state index contributed by atoms with van der Waals surface area (Å²) >= 11 is 0. The summed E-state index contributed by atoms with van der Waals surface area (Å²) in [6.45, 7) is 7.56. The number of aromatic nitrogens is 1. The van der Waals surface area contributed by atoms with E-state index in [1.807, 2.05) is 19.9 Å².